The molecule has 2 aromatic carbocycles. The Kier molecular flexibility index (Phi) is 4.82. The molecule has 1 amide bonds. The molecular weight excluding hydrogens is 381 g/mol. The van der Waals surface area contributed by atoms with Gasteiger partial charge in [0.1, 0.15) is 11.5 Å². The smallest absolute Gasteiger partial charge is 0.272 e. The number of pyridine rings is 1. The molecule has 6 nitrogen and oxygen atoms in total. The number of amides is 1. The van der Waals surface area contributed by atoms with Crippen molar-refractivity contribution in [1.29, 1.82) is 0 Å². The van der Waals surface area contributed by atoms with Gasteiger partial charge in [0.2, 0.25) is 10.0 Å². The van der Waals surface area contributed by atoms with Crippen LogP contribution in [0.3, 0.4) is 0 Å². The van der Waals surface area contributed by atoms with Crippen molar-refractivity contribution in [2.24, 2.45) is 0 Å². The Morgan fingerprint density at radius 2 is 1.68 bits per heavy atom. The lowest BCUT2D eigenvalue weighted by atomic mass is 10.2. The molecule has 28 heavy (non-hydrogen) atoms. The summed E-state index contributed by atoms with van der Waals surface area (Å²) >= 11 is 0. The minimum Gasteiger partial charge on any atom is -0.335 e. The number of para-hydroxylation sites is 1. The summed E-state index contributed by atoms with van der Waals surface area (Å²) in [5.74, 6) is -0.828. The third kappa shape index (κ3) is 3.48. The van der Waals surface area contributed by atoms with Crippen LogP contribution < -0.4 is 0 Å². The Bertz CT molecular complexity index is 1140. The van der Waals surface area contributed by atoms with Crippen LogP contribution in [0.25, 0.3) is 10.9 Å². The summed E-state index contributed by atoms with van der Waals surface area (Å²) in [4.78, 5) is 18.7. The van der Waals surface area contributed by atoms with Gasteiger partial charge in [-0.05, 0) is 30.3 Å². The minimum atomic E-state index is -3.79. The number of sulfonamides is 1. The molecule has 0 saturated carbocycles. The van der Waals surface area contributed by atoms with E-state index < -0.39 is 15.8 Å². The number of hydrogen-bond donors (Lipinski definition) is 0. The molecule has 1 fully saturated rings. The SMILES string of the molecule is O=C(c1ccc2ccccc2n1)N1CCN(S(=O)(=O)c2cccc(F)c2)CC1. The van der Waals surface area contributed by atoms with Gasteiger partial charge in [-0.15, -0.1) is 0 Å². The number of fused-ring (bicyclic) bond motifs is 1. The molecule has 1 aliphatic heterocycles. The third-order valence-electron chi connectivity index (χ3n) is 4.78. The topological polar surface area (TPSA) is 70.6 Å². The first-order chi connectivity index (χ1) is 13.4. The van der Waals surface area contributed by atoms with E-state index in [4.69, 9.17) is 0 Å². The van der Waals surface area contributed by atoms with Crippen LogP contribution in [0, 0.1) is 5.82 Å². The van der Waals surface area contributed by atoms with Gasteiger partial charge in [0, 0.05) is 31.6 Å². The Hall–Kier alpha value is -2.84. The molecule has 0 unspecified atom stereocenters. The first kappa shape index (κ1) is 18.5. The van der Waals surface area contributed by atoms with E-state index in [1.54, 1.807) is 11.0 Å². The molecule has 8 heteroatoms. The number of carbonyl (C=O) groups excluding carboxylic acids is 1. The second kappa shape index (κ2) is 7.29. The summed E-state index contributed by atoms with van der Waals surface area (Å²) < 4.78 is 40.0. The number of carbonyl (C=O) groups is 1. The van der Waals surface area contributed by atoms with E-state index in [1.807, 2.05) is 30.3 Å². The Morgan fingerprint density at radius 3 is 2.43 bits per heavy atom. The monoisotopic (exact) mass is 399 g/mol. The van der Waals surface area contributed by atoms with Gasteiger partial charge < -0.3 is 4.90 Å². The van der Waals surface area contributed by atoms with Gasteiger partial charge >= 0.3 is 0 Å². The van der Waals surface area contributed by atoms with Gasteiger partial charge in [0.05, 0.1) is 10.4 Å². The Labute approximate surface area is 162 Å². The maximum absolute atomic E-state index is 13.4. The Morgan fingerprint density at radius 1 is 0.929 bits per heavy atom. The first-order valence-electron chi connectivity index (χ1n) is 8.86. The van der Waals surface area contributed by atoms with Crippen molar-refractivity contribution in [2.45, 2.75) is 4.90 Å². The van der Waals surface area contributed by atoms with Gasteiger partial charge in [0.25, 0.3) is 5.91 Å². The molecule has 144 valence electrons. The van der Waals surface area contributed by atoms with Crippen LogP contribution >= 0.6 is 0 Å². The second-order valence-corrected chi connectivity index (χ2v) is 8.48. The van der Waals surface area contributed by atoms with E-state index in [-0.39, 0.29) is 37.0 Å². The standard InChI is InChI=1S/C20H18FN3O3S/c21-16-5-3-6-17(14-16)28(26,27)24-12-10-23(11-13-24)20(25)19-9-8-15-4-1-2-7-18(15)22-19/h1-9,14H,10-13H2. The summed E-state index contributed by atoms with van der Waals surface area (Å²) in [7, 11) is -3.79. The highest BCUT2D eigenvalue weighted by atomic mass is 32.2. The van der Waals surface area contributed by atoms with Crippen molar-refractivity contribution in [2.75, 3.05) is 26.2 Å². The van der Waals surface area contributed by atoms with Gasteiger partial charge in [-0.25, -0.2) is 17.8 Å². The number of hydrogen-bond acceptors (Lipinski definition) is 4. The maximum Gasteiger partial charge on any atom is 0.272 e. The summed E-state index contributed by atoms with van der Waals surface area (Å²) in [6.07, 6.45) is 0. The molecule has 0 aliphatic carbocycles. The maximum atomic E-state index is 13.4. The number of nitrogens with zero attached hydrogens (tertiary/aromatic N) is 3. The highest BCUT2D eigenvalue weighted by molar-refractivity contribution is 7.89. The number of benzene rings is 2. The summed E-state index contributed by atoms with van der Waals surface area (Å²) in [5.41, 5.74) is 1.07. The predicted molar refractivity (Wildman–Crippen MR) is 103 cm³/mol. The molecule has 0 atom stereocenters. The summed E-state index contributed by atoms with van der Waals surface area (Å²) in [6, 6.07) is 16.0. The molecule has 2 heterocycles. The van der Waals surface area contributed by atoms with Crippen molar-refractivity contribution in [3.05, 3.63) is 72.2 Å². The van der Waals surface area contributed by atoms with Crippen molar-refractivity contribution < 1.29 is 17.6 Å². The van der Waals surface area contributed by atoms with E-state index in [2.05, 4.69) is 4.98 Å². The molecule has 1 saturated heterocycles. The van der Waals surface area contributed by atoms with E-state index in [0.29, 0.717) is 5.69 Å². The summed E-state index contributed by atoms with van der Waals surface area (Å²) in [6.45, 7) is 0.806. The van der Waals surface area contributed by atoms with Crippen LogP contribution in [0.4, 0.5) is 4.39 Å². The van der Waals surface area contributed by atoms with Crippen molar-refractivity contribution in [3.8, 4) is 0 Å². The fourth-order valence-corrected chi connectivity index (χ4v) is 4.71. The van der Waals surface area contributed by atoms with E-state index >= 15 is 0 Å². The zero-order valence-electron chi connectivity index (χ0n) is 15.0. The van der Waals surface area contributed by atoms with E-state index in [9.17, 15) is 17.6 Å². The molecular formula is C20H18FN3O3S. The quantitative estimate of drug-likeness (QED) is 0.679. The molecule has 0 N–H and O–H groups in total. The second-order valence-electron chi connectivity index (χ2n) is 6.54. The number of rotatable bonds is 3. The molecule has 0 spiro atoms. The average Bonchev–Trinajstić information content (AvgIpc) is 2.73. The van der Waals surface area contributed by atoms with Crippen LogP contribution in [0.2, 0.25) is 0 Å². The lowest BCUT2D eigenvalue weighted by molar-refractivity contribution is 0.0692. The predicted octanol–water partition coefficient (Wildman–Crippen LogP) is 2.52. The molecule has 4 rings (SSSR count). The zero-order valence-corrected chi connectivity index (χ0v) is 15.8. The normalized spacial score (nSPS) is 15.7. The van der Waals surface area contributed by atoms with Crippen LogP contribution in [0.1, 0.15) is 10.5 Å². The number of piperazine rings is 1. The average molecular weight is 399 g/mol. The molecule has 1 aromatic heterocycles. The van der Waals surface area contributed by atoms with Crippen LogP contribution in [0.15, 0.2) is 65.6 Å². The van der Waals surface area contributed by atoms with E-state index in [1.165, 1.54) is 22.5 Å². The first-order valence-corrected chi connectivity index (χ1v) is 10.3. The largest absolute Gasteiger partial charge is 0.335 e. The van der Waals surface area contributed by atoms with Crippen molar-refractivity contribution >= 4 is 26.8 Å². The number of halogens is 1. The van der Waals surface area contributed by atoms with Crippen LogP contribution in [-0.4, -0.2) is 54.7 Å². The highest BCUT2D eigenvalue weighted by Gasteiger charge is 2.31. The van der Waals surface area contributed by atoms with E-state index in [0.717, 1.165) is 17.0 Å². The lowest BCUT2D eigenvalue weighted by Crippen LogP contribution is -2.50. The highest BCUT2D eigenvalue weighted by Crippen LogP contribution is 2.19. The Balaban J connectivity index is 1.48. The number of aromatic nitrogens is 1. The molecule has 0 bridgehead atoms. The fraction of sp³-hybridized carbons (Fsp3) is 0.200. The minimum absolute atomic E-state index is 0.0801. The molecule has 1 aliphatic rings. The van der Waals surface area contributed by atoms with Crippen LogP contribution in [0.5, 0.6) is 0 Å². The van der Waals surface area contributed by atoms with Crippen LogP contribution in [-0.2, 0) is 10.0 Å². The third-order valence-corrected chi connectivity index (χ3v) is 6.67. The van der Waals surface area contributed by atoms with Crippen molar-refractivity contribution in [3.63, 3.8) is 0 Å². The lowest BCUT2D eigenvalue weighted by Gasteiger charge is -2.33. The van der Waals surface area contributed by atoms with Gasteiger partial charge in [-0.2, -0.15) is 4.31 Å². The molecule has 3 aromatic rings. The van der Waals surface area contributed by atoms with Gasteiger partial charge in [-0.1, -0.05) is 30.3 Å². The zero-order chi connectivity index (χ0) is 19.7. The van der Waals surface area contributed by atoms with Crippen molar-refractivity contribution in [1.82, 2.24) is 14.2 Å². The fourth-order valence-electron chi connectivity index (χ4n) is 3.26. The van der Waals surface area contributed by atoms with Gasteiger partial charge in [0.15, 0.2) is 0 Å². The summed E-state index contributed by atoms with van der Waals surface area (Å²) in [5, 5.41) is 0.949. The molecule has 0 radical (unpaired) electrons. The van der Waals surface area contributed by atoms with Gasteiger partial charge in [-0.3, -0.25) is 4.79 Å².